The minimum Gasteiger partial charge on any atom is -0.396 e. The van der Waals surface area contributed by atoms with E-state index in [0.29, 0.717) is 13.2 Å². The van der Waals surface area contributed by atoms with E-state index in [9.17, 15) is 5.11 Å². The molecule has 0 aromatic heterocycles. The molecule has 0 aromatic carbocycles. The summed E-state index contributed by atoms with van der Waals surface area (Å²) in [5, 5.41) is 17.9. The smallest absolute Gasteiger partial charge is 0.154 e. The van der Waals surface area contributed by atoms with Crippen LogP contribution in [0.1, 0.15) is 51.9 Å². The van der Waals surface area contributed by atoms with Gasteiger partial charge in [0.05, 0.1) is 0 Å². The molecule has 4 heteroatoms. The fourth-order valence-corrected chi connectivity index (χ4v) is 1.30. The number of hydrogen-bond acceptors (Lipinski definition) is 3. The summed E-state index contributed by atoms with van der Waals surface area (Å²) in [6.45, 7) is 2.97. The Morgan fingerprint density at radius 2 is 1.67 bits per heavy atom. The van der Waals surface area contributed by atoms with Crippen molar-refractivity contribution in [2.45, 2.75) is 58.2 Å². The minimum atomic E-state index is -0.576. The molecule has 0 aliphatic carbocycles. The average molecular weight is 252 g/mol. The molecule has 0 aliphatic rings. The van der Waals surface area contributed by atoms with Crippen LogP contribution in [0.3, 0.4) is 0 Å². The van der Waals surface area contributed by atoms with Crippen molar-refractivity contribution in [3.05, 3.63) is 0 Å². The predicted octanol–water partition coefficient (Wildman–Crippen LogP) is 2.06. The van der Waals surface area contributed by atoms with E-state index < -0.39 is 6.29 Å². The molecule has 15 heavy (non-hydrogen) atoms. The molecule has 0 aromatic rings. The Labute approximate surface area is 108 Å². The molecule has 0 spiro atoms. The molecule has 90 valence electrons. The summed E-state index contributed by atoms with van der Waals surface area (Å²) in [7, 11) is 0. The van der Waals surface area contributed by atoms with E-state index in [4.69, 9.17) is 9.84 Å². The van der Waals surface area contributed by atoms with Crippen molar-refractivity contribution in [2.75, 3.05) is 13.2 Å². The molecule has 0 rings (SSSR count). The summed E-state index contributed by atoms with van der Waals surface area (Å²) in [6.07, 6.45) is 6.36. The van der Waals surface area contributed by atoms with Crippen molar-refractivity contribution in [1.29, 1.82) is 0 Å². The van der Waals surface area contributed by atoms with Gasteiger partial charge in [0.15, 0.2) is 6.29 Å². The van der Waals surface area contributed by atoms with Crippen LogP contribution in [0.4, 0.5) is 0 Å². The number of aliphatic hydroxyl groups is 2. The monoisotopic (exact) mass is 252 g/mol. The zero-order chi connectivity index (χ0) is 10.6. The van der Waals surface area contributed by atoms with Crippen LogP contribution in [-0.4, -0.2) is 29.7 Å². The van der Waals surface area contributed by atoms with E-state index in [1.807, 2.05) is 6.92 Å². The summed E-state index contributed by atoms with van der Waals surface area (Å²) in [6, 6.07) is 0. The standard InChI is InChI=1S/C11H24O3.Ti/c1-2-10-14-11(13)8-6-4-3-5-7-9-12;/h11-13H,2-10H2,1H3;. The second kappa shape index (κ2) is 14.6. The van der Waals surface area contributed by atoms with Gasteiger partial charge in [0.25, 0.3) is 0 Å². The van der Waals surface area contributed by atoms with E-state index in [1.165, 1.54) is 0 Å². The third kappa shape index (κ3) is 14.6. The van der Waals surface area contributed by atoms with Gasteiger partial charge < -0.3 is 14.9 Å². The van der Waals surface area contributed by atoms with Crippen LogP contribution in [-0.2, 0) is 26.5 Å². The maximum atomic E-state index is 9.32. The molecule has 0 fully saturated rings. The van der Waals surface area contributed by atoms with Crippen LogP contribution in [0, 0.1) is 0 Å². The van der Waals surface area contributed by atoms with Gasteiger partial charge >= 0.3 is 0 Å². The van der Waals surface area contributed by atoms with Crippen LogP contribution in [0.25, 0.3) is 0 Å². The zero-order valence-corrected chi connectivity index (χ0v) is 11.3. The number of rotatable bonds is 10. The molecule has 0 saturated heterocycles. The number of ether oxygens (including phenoxy) is 1. The van der Waals surface area contributed by atoms with E-state index in [2.05, 4.69) is 0 Å². The summed E-state index contributed by atoms with van der Waals surface area (Å²) in [5.74, 6) is 0. The number of aliphatic hydroxyl groups excluding tert-OH is 2. The van der Waals surface area contributed by atoms with Crippen molar-refractivity contribution >= 4 is 0 Å². The molecule has 0 aliphatic heterocycles. The van der Waals surface area contributed by atoms with Gasteiger partial charge in [-0.3, -0.25) is 0 Å². The maximum absolute atomic E-state index is 9.32. The molecule has 0 heterocycles. The Bertz CT molecular complexity index is 112. The molecule has 1 unspecified atom stereocenters. The predicted molar refractivity (Wildman–Crippen MR) is 57.0 cm³/mol. The van der Waals surface area contributed by atoms with Gasteiger partial charge in [0.2, 0.25) is 0 Å². The quantitative estimate of drug-likeness (QED) is 0.355. The van der Waals surface area contributed by atoms with Gasteiger partial charge in [-0.25, -0.2) is 0 Å². The molecule has 0 radical (unpaired) electrons. The first kappa shape index (κ1) is 18.0. The van der Waals surface area contributed by atoms with Crippen LogP contribution in [0.2, 0.25) is 0 Å². The SMILES string of the molecule is CCCOC(O)CCCCCCCO.[Ti]. The van der Waals surface area contributed by atoms with Crippen LogP contribution < -0.4 is 0 Å². The Morgan fingerprint density at radius 1 is 1.07 bits per heavy atom. The van der Waals surface area contributed by atoms with Crippen LogP contribution in [0.5, 0.6) is 0 Å². The fourth-order valence-electron chi connectivity index (χ4n) is 1.30. The van der Waals surface area contributed by atoms with Crippen molar-refractivity contribution in [3.8, 4) is 0 Å². The molecular weight excluding hydrogens is 228 g/mol. The van der Waals surface area contributed by atoms with E-state index in [-0.39, 0.29) is 21.7 Å². The van der Waals surface area contributed by atoms with Crippen molar-refractivity contribution in [1.82, 2.24) is 0 Å². The normalized spacial score (nSPS) is 12.2. The molecular formula is C11H24O3Ti. The van der Waals surface area contributed by atoms with E-state index >= 15 is 0 Å². The molecule has 0 saturated carbocycles. The minimum absolute atomic E-state index is 0. The summed E-state index contributed by atoms with van der Waals surface area (Å²) in [5.41, 5.74) is 0. The molecule has 2 N–H and O–H groups in total. The van der Waals surface area contributed by atoms with Gasteiger partial charge in [-0.05, 0) is 25.7 Å². The van der Waals surface area contributed by atoms with Gasteiger partial charge in [-0.2, -0.15) is 0 Å². The summed E-state index contributed by atoms with van der Waals surface area (Å²) < 4.78 is 5.13. The van der Waals surface area contributed by atoms with Gasteiger partial charge in [0.1, 0.15) is 0 Å². The Hall–Kier alpha value is 0.594. The maximum Gasteiger partial charge on any atom is 0.154 e. The van der Waals surface area contributed by atoms with Gasteiger partial charge in [0, 0.05) is 34.9 Å². The molecule has 3 nitrogen and oxygen atoms in total. The second-order valence-corrected chi connectivity index (χ2v) is 3.61. The Morgan fingerprint density at radius 3 is 2.27 bits per heavy atom. The third-order valence-electron chi connectivity index (χ3n) is 2.12. The summed E-state index contributed by atoms with van der Waals surface area (Å²) >= 11 is 0. The van der Waals surface area contributed by atoms with E-state index in [0.717, 1.165) is 44.9 Å². The number of hydrogen-bond donors (Lipinski definition) is 2. The third-order valence-corrected chi connectivity index (χ3v) is 2.12. The van der Waals surface area contributed by atoms with E-state index in [1.54, 1.807) is 0 Å². The first-order chi connectivity index (χ1) is 6.81. The molecule has 0 amide bonds. The van der Waals surface area contributed by atoms with Crippen LogP contribution in [0.15, 0.2) is 0 Å². The summed E-state index contributed by atoms with van der Waals surface area (Å²) in [4.78, 5) is 0. The number of unbranched alkanes of at least 4 members (excludes halogenated alkanes) is 4. The van der Waals surface area contributed by atoms with Crippen molar-refractivity contribution in [2.24, 2.45) is 0 Å². The topological polar surface area (TPSA) is 49.7 Å². The first-order valence-electron chi connectivity index (χ1n) is 5.71. The fraction of sp³-hybridized carbons (Fsp3) is 1.00. The Balaban J connectivity index is 0. The zero-order valence-electron chi connectivity index (χ0n) is 9.74. The first-order valence-corrected chi connectivity index (χ1v) is 5.71. The van der Waals surface area contributed by atoms with Crippen LogP contribution >= 0.6 is 0 Å². The van der Waals surface area contributed by atoms with Gasteiger partial charge in [-0.1, -0.05) is 26.2 Å². The molecule has 0 bridgehead atoms. The Kier molecular flexibility index (Phi) is 17.5. The van der Waals surface area contributed by atoms with Crippen molar-refractivity contribution in [3.63, 3.8) is 0 Å². The largest absolute Gasteiger partial charge is 0.396 e. The average Bonchev–Trinajstić information content (AvgIpc) is 2.20. The van der Waals surface area contributed by atoms with Gasteiger partial charge in [-0.15, -0.1) is 0 Å². The van der Waals surface area contributed by atoms with Crippen molar-refractivity contribution < 1.29 is 36.7 Å². The molecule has 1 atom stereocenters. The second-order valence-electron chi connectivity index (χ2n) is 3.61.